The van der Waals surface area contributed by atoms with E-state index in [1.54, 1.807) is 6.20 Å². The van der Waals surface area contributed by atoms with Gasteiger partial charge in [0.1, 0.15) is 5.82 Å². The Bertz CT molecular complexity index is 173. The van der Waals surface area contributed by atoms with Gasteiger partial charge in [0, 0.05) is 6.07 Å². The van der Waals surface area contributed by atoms with Crippen molar-refractivity contribution in [3.05, 3.63) is 18.8 Å². The van der Waals surface area contributed by atoms with Crippen LogP contribution in [-0.4, -0.2) is 9.78 Å². The van der Waals surface area contributed by atoms with Crippen molar-refractivity contribution in [3.63, 3.8) is 0 Å². The van der Waals surface area contributed by atoms with Crippen LogP contribution in [0.25, 0.3) is 0 Å². The standard InChI is InChI=1S/C5H6N3/c1-2-7-8-4-3-6-5(1)8/h1-3,6H,4H2. The van der Waals surface area contributed by atoms with E-state index in [0.29, 0.717) is 0 Å². The summed E-state index contributed by atoms with van der Waals surface area (Å²) in [5, 5.41) is 7.08. The summed E-state index contributed by atoms with van der Waals surface area (Å²) in [5.41, 5.74) is 0. The van der Waals surface area contributed by atoms with Crippen molar-refractivity contribution in [1.82, 2.24) is 9.78 Å². The Morgan fingerprint density at radius 2 is 2.75 bits per heavy atom. The summed E-state index contributed by atoms with van der Waals surface area (Å²) in [5.74, 6) is 1.09. The molecule has 1 N–H and O–H groups in total. The molecular formula is C5H6N3. The SMILES string of the molecule is [CH]1Cn2nccc2N1. The molecule has 0 saturated heterocycles. The Labute approximate surface area is 47.3 Å². The smallest absolute Gasteiger partial charge is 0.124 e. The highest BCUT2D eigenvalue weighted by molar-refractivity contribution is 5.39. The third-order valence-electron chi connectivity index (χ3n) is 1.23. The number of aromatic nitrogens is 2. The minimum Gasteiger partial charge on any atom is -0.364 e. The van der Waals surface area contributed by atoms with Gasteiger partial charge in [-0.3, -0.25) is 0 Å². The molecule has 1 radical (unpaired) electrons. The second-order valence-corrected chi connectivity index (χ2v) is 1.75. The summed E-state index contributed by atoms with van der Waals surface area (Å²) in [4.78, 5) is 0. The molecule has 0 amide bonds. The first kappa shape index (κ1) is 3.95. The van der Waals surface area contributed by atoms with Crippen molar-refractivity contribution in [2.45, 2.75) is 6.54 Å². The van der Waals surface area contributed by atoms with Crippen molar-refractivity contribution in [2.24, 2.45) is 0 Å². The average molecular weight is 108 g/mol. The molecule has 1 aromatic heterocycles. The van der Waals surface area contributed by atoms with Crippen LogP contribution in [0.2, 0.25) is 0 Å². The van der Waals surface area contributed by atoms with E-state index < -0.39 is 0 Å². The van der Waals surface area contributed by atoms with Crippen molar-refractivity contribution in [3.8, 4) is 0 Å². The first-order chi connectivity index (χ1) is 3.97. The van der Waals surface area contributed by atoms with Crippen LogP contribution in [0.4, 0.5) is 5.82 Å². The van der Waals surface area contributed by atoms with Crippen LogP contribution < -0.4 is 5.32 Å². The van der Waals surface area contributed by atoms with Gasteiger partial charge in [0.25, 0.3) is 0 Å². The van der Waals surface area contributed by atoms with Gasteiger partial charge in [-0.25, -0.2) is 4.68 Å². The number of rotatable bonds is 0. The first-order valence-corrected chi connectivity index (χ1v) is 2.57. The number of nitrogens with zero attached hydrogens (tertiary/aromatic N) is 2. The third kappa shape index (κ3) is 0.358. The number of nitrogens with one attached hydrogen (secondary N) is 1. The molecule has 0 unspecified atom stereocenters. The largest absolute Gasteiger partial charge is 0.364 e. The molecule has 2 heterocycles. The van der Waals surface area contributed by atoms with Gasteiger partial charge >= 0.3 is 0 Å². The Hall–Kier alpha value is -0.990. The Morgan fingerprint density at radius 3 is 3.62 bits per heavy atom. The predicted octanol–water partition coefficient (Wildman–Crippen LogP) is 0.470. The number of anilines is 1. The van der Waals surface area contributed by atoms with Crippen molar-refractivity contribution < 1.29 is 0 Å². The summed E-state index contributed by atoms with van der Waals surface area (Å²) in [6.07, 6.45) is 1.79. The van der Waals surface area contributed by atoms with E-state index >= 15 is 0 Å². The molecule has 1 aliphatic rings. The van der Waals surface area contributed by atoms with Gasteiger partial charge in [-0.15, -0.1) is 0 Å². The minimum absolute atomic E-state index is 0.891. The van der Waals surface area contributed by atoms with E-state index in [2.05, 4.69) is 10.4 Å². The zero-order chi connectivity index (χ0) is 5.40. The maximum Gasteiger partial charge on any atom is 0.124 e. The van der Waals surface area contributed by atoms with E-state index in [1.807, 2.05) is 17.3 Å². The summed E-state index contributed by atoms with van der Waals surface area (Å²) < 4.78 is 1.90. The zero-order valence-electron chi connectivity index (χ0n) is 4.33. The molecule has 2 rings (SSSR count). The van der Waals surface area contributed by atoms with Gasteiger partial charge in [-0.05, 0) is 0 Å². The summed E-state index contributed by atoms with van der Waals surface area (Å²) in [6, 6.07) is 1.95. The van der Waals surface area contributed by atoms with E-state index in [1.165, 1.54) is 0 Å². The van der Waals surface area contributed by atoms with Crippen LogP contribution >= 0.6 is 0 Å². The molecule has 8 heavy (non-hydrogen) atoms. The van der Waals surface area contributed by atoms with Crippen molar-refractivity contribution in [2.75, 3.05) is 5.32 Å². The molecular weight excluding hydrogens is 102 g/mol. The lowest BCUT2D eigenvalue weighted by Gasteiger charge is -1.86. The van der Waals surface area contributed by atoms with Crippen LogP contribution in [0.1, 0.15) is 0 Å². The lowest BCUT2D eigenvalue weighted by molar-refractivity contribution is 0.725. The second kappa shape index (κ2) is 1.24. The molecule has 0 atom stereocenters. The highest BCUT2D eigenvalue weighted by atomic mass is 15.4. The monoisotopic (exact) mass is 108 g/mol. The molecule has 0 spiro atoms. The fraction of sp³-hybridized carbons (Fsp3) is 0.200. The Morgan fingerprint density at radius 1 is 1.75 bits per heavy atom. The van der Waals surface area contributed by atoms with Gasteiger partial charge in [-0.2, -0.15) is 5.10 Å². The van der Waals surface area contributed by atoms with Gasteiger partial charge in [0.2, 0.25) is 0 Å². The predicted molar refractivity (Wildman–Crippen MR) is 30.1 cm³/mol. The van der Waals surface area contributed by atoms with Crippen LogP contribution in [0.15, 0.2) is 12.3 Å². The van der Waals surface area contributed by atoms with Gasteiger partial charge in [0.05, 0.1) is 19.3 Å². The van der Waals surface area contributed by atoms with Gasteiger partial charge in [-0.1, -0.05) is 0 Å². The molecule has 41 valence electrons. The maximum absolute atomic E-state index is 4.02. The van der Waals surface area contributed by atoms with Gasteiger partial charge in [0.15, 0.2) is 0 Å². The lowest BCUT2D eigenvalue weighted by atomic mass is 10.6. The van der Waals surface area contributed by atoms with Crippen molar-refractivity contribution in [1.29, 1.82) is 0 Å². The van der Waals surface area contributed by atoms with Crippen LogP contribution in [0, 0.1) is 6.54 Å². The highest BCUT2D eigenvalue weighted by Gasteiger charge is 2.06. The Balaban J connectivity index is 2.54. The molecule has 0 saturated carbocycles. The van der Waals surface area contributed by atoms with E-state index in [4.69, 9.17) is 0 Å². The van der Waals surface area contributed by atoms with E-state index in [0.717, 1.165) is 12.4 Å². The lowest BCUT2D eigenvalue weighted by Crippen LogP contribution is -1.89. The normalized spacial score (nSPS) is 15.5. The number of hydrogen-bond donors (Lipinski definition) is 1. The fourth-order valence-corrected chi connectivity index (χ4v) is 0.837. The summed E-state index contributed by atoms with van der Waals surface area (Å²) in [6.45, 7) is 2.87. The van der Waals surface area contributed by atoms with Crippen molar-refractivity contribution >= 4 is 5.82 Å². The minimum atomic E-state index is 0.891. The van der Waals surface area contributed by atoms with Crippen LogP contribution in [0.5, 0.6) is 0 Å². The number of hydrogen-bond acceptors (Lipinski definition) is 2. The summed E-state index contributed by atoms with van der Waals surface area (Å²) in [7, 11) is 0. The Kier molecular flexibility index (Phi) is 0.614. The topological polar surface area (TPSA) is 29.9 Å². The first-order valence-electron chi connectivity index (χ1n) is 2.57. The molecule has 0 aromatic carbocycles. The molecule has 1 aromatic rings. The molecule has 3 heteroatoms. The molecule has 0 bridgehead atoms. The van der Waals surface area contributed by atoms with Gasteiger partial charge < -0.3 is 5.32 Å². The summed E-state index contributed by atoms with van der Waals surface area (Å²) >= 11 is 0. The third-order valence-corrected chi connectivity index (χ3v) is 1.23. The molecule has 0 fully saturated rings. The fourth-order valence-electron chi connectivity index (χ4n) is 0.837. The van der Waals surface area contributed by atoms with E-state index in [9.17, 15) is 0 Å². The quantitative estimate of drug-likeness (QED) is 0.523. The zero-order valence-corrected chi connectivity index (χ0v) is 4.33. The van der Waals surface area contributed by atoms with Crippen LogP contribution in [-0.2, 0) is 6.54 Å². The van der Waals surface area contributed by atoms with Crippen LogP contribution in [0.3, 0.4) is 0 Å². The van der Waals surface area contributed by atoms with E-state index in [-0.39, 0.29) is 0 Å². The molecule has 0 aliphatic carbocycles. The number of fused-ring (bicyclic) bond motifs is 1. The molecule has 1 aliphatic heterocycles. The average Bonchev–Trinajstić information content (AvgIpc) is 2.15. The maximum atomic E-state index is 4.02. The molecule has 3 nitrogen and oxygen atoms in total. The second-order valence-electron chi connectivity index (χ2n) is 1.75. The highest BCUT2D eigenvalue weighted by Crippen LogP contribution is 2.12.